The maximum atomic E-state index is 12.1. The van der Waals surface area contributed by atoms with Crippen molar-refractivity contribution in [1.29, 1.82) is 0 Å². The van der Waals surface area contributed by atoms with Crippen molar-refractivity contribution in [1.82, 2.24) is 10.2 Å². The smallest absolute Gasteiger partial charge is 0.237 e. The Kier molecular flexibility index (Phi) is 7.35. The minimum Gasteiger partial charge on any atom is -0.491 e. The number of benzene rings is 1. The first-order valence-electron chi connectivity index (χ1n) is 7.63. The zero-order chi connectivity index (χ0) is 16.7. The summed E-state index contributed by atoms with van der Waals surface area (Å²) in [4.78, 5) is 14.0. The monoisotopic (exact) mass is 308 g/mol. The van der Waals surface area contributed by atoms with Gasteiger partial charge in [0.05, 0.1) is 6.04 Å². The predicted octanol–water partition coefficient (Wildman–Crippen LogP) is 1.44. The van der Waals surface area contributed by atoms with Crippen molar-refractivity contribution in [3.8, 4) is 5.75 Å². The lowest BCUT2D eigenvalue weighted by molar-refractivity contribution is -0.127. The molecule has 0 heterocycles. The third-order valence-electron chi connectivity index (χ3n) is 3.40. The number of amides is 1. The molecule has 0 aromatic heterocycles. The van der Waals surface area contributed by atoms with Crippen LogP contribution in [0.2, 0.25) is 0 Å². The first kappa shape index (κ1) is 18.5. The second-order valence-corrected chi connectivity index (χ2v) is 6.18. The second-order valence-electron chi connectivity index (χ2n) is 6.18. The highest BCUT2D eigenvalue weighted by atomic mass is 16.5. The molecular weight excluding hydrogens is 280 g/mol. The lowest BCUT2D eigenvalue weighted by atomic mass is 10.0. The normalized spacial score (nSPS) is 14.0. The zero-order valence-electron chi connectivity index (χ0n) is 14.2. The summed E-state index contributed by atoms with van der Waals surface area (Å²) < 4.78 is 5.52. The van der Waals surface area contributed by atoms with Crippen LogP contribution in [0.25, 0.3) is 0 Å². The summed E-state index contributed by atoms with van der Waals surface area (Å²) in [6.07, 6.45) is -0.737. The molecule has 0 fully saturated rings. The maximum absolute atomic E-state index is 12.1. The van der Waals surface area contributed by atoms with Gasteiger partial charge >= 0.3 is 0 Å². The van der Waals surface area contributed by atoms with Gasteiger partial charge in [-0.3, -0.25) is 9.69 Å². The number of rotatable bonds is 8. The minimum atomic E-state index is -0.737. The summed E-state index contributed by atoms with van der Waals surface area (Å²) in [5.41, 5.74) is 1.10. The summed E-state index contributed by atoms with van der Waals surface area (Å²) in [6, 6.07) is 7.44. The van der Waals surface area contributed by atoms with E-state index in [1.165, 1.54) is 0 Å². The van der Waals surface area contributed by atoms with Crippen molar-refractivity contribution < 1.29 is 14.6 Å². The minimum absolute atomic E-state index is 0.0744. The van der Waals surface area contributed by atoms with Crippen LogP contribution in [0.5, 0.6) is 5.75 Å². The molecule has 0 saturated heterocycles. The van der Waals surface area contributed by atoms with Crippen LogP contribution in [0.3, 0.4) is 0 Å². The van der Waals surface area contributed by atoms with Crippen LogP contribution in [-0.4, -0.2) is 55.3 Å². The third-order valence-corrected chi connectivity index (χ3v) is 3.40. The van der Waals surface area contributed by atoms with Crippen molar-refractivity contribution in [3.05, 3.63) is 29.8 Å². The number of carbonyl (C=O) groups is 1. The zero-order valence-corrected chi connectivity index (χ0v) is 14.2. The molecule has 0 spiro atoms. The molecule has 0 saturated carbocycles. The van der Waals surface area contributed by atoms with Crippen LogP contribution in [0.15, 0.2) is 24.3 Å². The molecule has 0 bridgehead atoms. The average Bonchev–Trinajstić information content (AvgIpc) is 2.42. The van der Waals surface area contributed by atoms with E-state index < -0.39 is 6.10 Å². The standard InChI is InChI=1S/C17H28N2O3/c1-12(2)16(19(4)5)17(21)18-10-14(20)11-22-15-8-6-7-13(3)9-15/h6-9,12,14,16,20H,10-11H2,1-5H3,(H,18,21). The molecule has 0 aliphatic heterocycles. The summed E-state index contributed by atoms with van der Waals surface area (Å²) >= 11 is 0. The number of ether oxygens (including phenoxy) is 1. The van der Waals surface area contributed by atoms with Gasteiger partial charge in [-0.05, 0) is 44.6 Å². The van der Waals surface area contributed by atoms with Crippen molar-refractivity contribution >= 4 is 5.91 Å². The summed E-state index contributed by atoms with van der Waals surface area (Å²) in [6.45, 7) is 6.32. The molecular formula is C17H28N2O3. The van der Waals surface area contributed by atoms with E-state index in [0.717, 1.165) is 11.3 Å². The van der Waals surface area contributed by atoms with E-state index >= 15 is 0 Å². The number of aliphatic hydroxyl groups is 1. The first-order chi connectivity index (χ1) is 10.3. The van der Waals surface area contributed by atoms with E-state index in [4.69, 9.17) is 4.74 Å². The summed E-state index contributed by atoms with van der Waals surface area (Å²) in [7, 11) is 3.75. The van der Waals surface area contributed by atoms with Gasteiger partial charge < -0.3 is 15.2 Å². The molecule has 2 unspecified atom stereocenters. The second kappa shape index (κ2) is 8.76. The van der Waals surface area contributed by atoms with Gasteiger partial charge in [0.25, 0.3) is 0 Å². The third kappa shape index (κ3) is 6.03. The first-order valence-corrected chi connectivity index (χ1v) is 7.63. The number of nitrogens with zero attached hydrogens (tertiary/aromatic N) is 1. The van der Waals surface area contributed by atoms with Crippen molar-refractivity contribution in [2.24, 2.45) is 5.92 Å². The number of hydrogen-bond acceptors (Lipinski definition) is 4. The number of nitrogens with one attached hydrogen (secondary N) is 1. The number of hydrogen-bond donors (Lipinski definition) is 2. The van der Waals surface area contributed by atoms with E-state index in [-0.39, 0.29) is 31.0 Å². The quantitative estimate of drug-likeness (QED) is 0.763. The van der Waals surface area contributed by atoms with E-state index in [0.29, 0.717) is 0 Å². The van der Waals surface area contributed by atoms with Crippen LogP contribution in [0.4, 0.5) is 0 Å². The largest absolute Gasteiger partial charge is 0.491 e. The van der Waals surface area contributed by atoms with Gasteiger partial charge in [0.15, 0.2) is 0 Å². The Labute approximate surface area is 133 Å². The van der Waals surface area contributed by atoms with Crippen LogP contribution >= 0.6 is 0 Å². The summed E-state index contributed by atoms with van der Waals surface area (Å²) in [5.74, 6) is 0.851. The fraction of sp³-hybridized carbons (Fsp3) is 0.588. The van der Waals surface area contributed by atoms with Gasteiger partial charge in [-0.1, -0.05) is 26.0 Å². The average molecular weight is 308 g/mol. The fourth-order valence-corrected chi connectivity index (χ4v) is 2.41. The number of aliphatic hydroxyl groups excluding tert-OH is 1. The van der Waals surface area contributed by atoms with Crippen molar-refractivity contribution in [2.45, 2.75) is 32.9 Å². The highest BCUT2D eigenvalue weighted by Crippen LogP contribution is 2.12. The Bertz CT molecular complexity index is 467. The highest BCUT2D eigenvalue weighted by Gasteiger charge is 2.24. The van der Waals surface area contributed by atoms with Gasteiger partial charge in [0, 0.05) is 6.54 Å². The van der Waals surface area contributed by atoms with Gasteiger partial charge in [-0.25, -0.2) is 0 Å². The Balaban J connectivity index is 2.39. The summed E-state index contributed by atoms with van der Waals surface area (Å²) in [5, 5.41) is 12.7. The lowest BCUT2D eigenvalue weighted by Crippen LogP contribution is -2.48. The Morgan fingerprint density at radius 3 is 2.59 bits per heavy atom. The topological polar surface area (TPSA) is 61.8 Å². The molecule has 0 aliphatic carbocycles. The molecule has 0 radical (unpaired) electrons. The van der Waals surface area contributed by atoms with E-state index in [9.17, 15) is 9.90 Å². The molecule has 124 valence electrons. The molecule has 1 aromatic carbocycles. The van der Waals surface area contributed by atoms with Crippen LogP contribution in [-0.2, 0) is 4.79 Å². The molecule has 0 aliphatic rings. The van der Waals surface area contributed by atoms with Gasteiger partial charge in [0.1, 0.15) is 18.5 Å². The van der Waals surface area contributed by atoms with Gasteiger partial charge in [-0.15, -0.1) is 0 Å². The molecule has 1 aromatic rings. The van der Waals surface area contributed by atoms with Crippen LogP contribution in [0.1, 0.15) is 19.4 Å². The SMILES string of the molecule is Cc1cccc(OCC(O)CNC(=O)C(C(C)C)N(C)C)c1. The molecule has 1 amide bonds. The van der Waals surface area contributed by atoms with Gasteiger partial charge in [0.2, 0.25) is 5.91 Å². The number of likely N-dealkylation sites (N-methyl/N-ethyl adjacent to an activating group) is 1. The molecule has 2 atom stereocenters. The maximum Gasteiger partial charge on any atom is 0.237 e. The van der Waals surface area contributed by atoms with Crippen LogP contribution in [0, 0.1) is 12.8 Å². The Morgan fingerprint density at radius 2 is 2.05 bits per heavy atom. The van der Waals surface area contributed by atoms with Crippen molar-refractivity contribution in [3.63, 3.8) is 0 Å². The van der Waals surface area contributed by atoms with E-state index in [1.54, 1.807) is 0 Å². The number of carbonyl (C=O) groups excluding carboxylic acids is 1. The number of aryl methyl sites for hydroxylation is 1. The van der Waals surface area contributed by atoms with Crippen LogP contribution < -0.4 is 10.1 Å². The van der Waals surface area contributed by atoms with E-state index in [1.807, 2.05) is 64.0 Å². The van der Waals surface area contributed by atoms with Crippen molar-refractivity contribution in [2.75, 3.05) is 27.2 Å². The molecule has 1 rings (SSSR count). The van der Waals surface area contributed by atoms with E-state index in [2.05, 4.69) is 5.32 Å². The molecule has 5 heteroatoms. The van der Waals surface area contributed by atoms with Gasteiger partial charge in [-0.2, -0.15) is 0 Å². The highest BCUT2D eigenvalue weighted by molar-refractivity contribution is 5.81. The molecule has 2 N–H and O–H groups in total. The lowest BCUT2D eigenvalue weighted by Gasteiger charge is -2.27. The molecule has 5 nitrogen and oxygen atoms in total. The Morgan fingerprint density at radius 1 is 1.36 bits per heavy atom. The predicted molar refractivity (Wildman–Crippen MR) is 88.0 cm³/mol. The molecule has 22 heavy (non-hydrogen) atoms. The fourth-order valence-electron chi connectivity index (χ4n) is 2.41. The Hall–Kier alpha value is -1.59.